The summed E-state index contributed by atoms with van der Waals surface area (Å²) < 4.78 is 28.2. The Hall–Kier alpha value is -3.01. The first-order valence-corrected chi connectivity index (χ1v) is 15.6. The van der Waals surface area contributed by atoms with E-state index in [1.54, 1.807) is 6.07 Å². The Kier molecular flexibility index (Phi) is 8.79. The van der Waals surface area contributed by atoms with E-state index in [1.165, 1.54) is 28.1 Å². The number of fused-ring (bicyclic) bond motifs is 1. The number of nitrogens with one attached hydrogen (secondary N) is 2. The van der Waals surface area contributed by atoms with Crippen LogP contribution in [0.15, 0.2) is 64.3 Å². The highest BCUT2D eigenvalue weighted by atomic mass is 32.2. The minimum Gasteiger partial charge on any atom is -0.351 e. The van der Waals surface area contributed by atoms with Crippen LogP contribution < -0.4 is 10.9 Å². The number of rotatable bonds is 8. The van der Waals surface area contributed by atoms with Crippen LogP contribution in [0.25, 0.3) is 10.9 Å². The SMILES string of the molecule is O=C(NCCN1CCC(Cc2ccccc2)CC1)c1cc(=O)[nH]c2ccc(S(=O)(=O)N3CCCCCC3)cc12. The first kappa shape index (κ1) is 27.6. The van der Waals surface area contributed by atoms with Gasteiger partial charge in [-0.25, -0.2) is 8.42 Å². The smallest absolute Gasteiger partial charge is 0.252 e. The molecule has 1 amide bonds. The molecular formula is C30H38N4O4S. The molecule has 0 unspecified atom stereocenters. The summed E-state index contributed by atoms with van der Waals surface area (Å²) in [7, 11) is -3.68. The van der Waals surface area contributed by atoms with Gasteiger partial charge in [-0.1, -0.05) is 43.2 Å². The van der Waals surface area contributed by atoms with Gasteiger partial charge in [0.15, 0.2) is 0 Å². The first-order valence-electron chi connectivity index (χ1n) is 14.1. The lowest BCUT2D eigenvalue weighted by molar-refractivity contribution is 0.0945. The normalized spacial score (nSPS) is 18.2. The molecule has 1 aromatic heterocycles. The predicted molar refractivity (Wildman–Crippen MR) is 153 cm³/mol. The number of nitrogens with zero attached hydrogens (tertiary/aromatic N) is 2. The van der Waals surface area contributed by atoms with Crippen molar-refractivity contribution in [3.05, 3.63) is 76.1 Å². The second-order valence-corrected chi connectivity index (χ2v) is 12.7. The van der Waals surface area contributed by atoms with Gasteiger partial charge in [-0.3, -0.25) is 9.59 Å². The molecule has 0 spiro atoms. The maximum absolute atomic E-state index is 13.4. The van der Waals surface area contributed by atoms with Crippen LogP contribution in [-0.4, -0.2) is 67.8 Å². The minimum absolute atomic E-state index is 0.149. The highest BCUT2D eigenvalue weighted by Crippen LogP contribution is 2.25. The molecule has 208 valence electrons. The van der Waals surface area contributed by atoms with Crippen molar-refractivity contribution in [1.29, 1.82) is 0 Å². The maximum Gasteiger partial charge on any atom is 0.252 e. The fraction of sp³-hybridized carbons (Fsp3) is 0.467. The molecule has 3 heterocycles. The van der Waals surface area contributed by atoms with Crippen LogP contribution in [0.5, 0.6) is 0 Å². The Labute approximate surface area is 230 Å². The molecule has 2 aliphatic rings. The number of amides is 1. The van der Waals surface area contributed by atoms with Crippen molar-refractivity contribution in [3.63, 3.8) is 0 Å². The second-order valence-electron chi connectivity index (χ2n) is 10.8. The van der Waals surface area contributed by atoms with E-state index in [9.17, 15) is 18.0 Å². The van der Waals surface area contributed by atoms with Gasteiger partial charge in [0.1, 0.15) is 0 Å². The van der Waals surface area contributed by atoms with Gasteiger partial charge in [0, 0.05) is 43.1 Å². The van der Waals surface area contributed by atoms with Crippen molar-refractivity contribution >= 4 is 26.8 Å². The van der Waals surface area contributed by atoms with Crippen molar-refractivity contribution in [2.24, 2.45) is 5.92 Å². The number of hydrogen-bond acceptors (Lipinski definition) is 5. The van der Waals surface area contributed by atoms with E-state index in [4.69, 9.17) is 0 Å². The Morgan fingerprint density at radius 2 is 1.64 bits per heavy atom. The highest BCUT2D eigenvalue weighted by molar-refractivity contribution is 7.89. The number of aromatic amines is 1. The Bertz CT molecular complexity index is 1440. The molecule has 2 fully saturated rings. The van der Waals surface area contributed by atoms with Gasteiger partial charge in [-0.05, 0) is 74.9 Å². The molecule has 2 aliphatic heterocycles. The summed E-state index contributed by atoms with van der Waals surface area (Å²) in [5, 5.41) is 3.39. The zero-order chi connectivity index (χ0) is 27.2. The lowest BCUT2D eigenvalue weighted by atomic mass is 9.90. The van der Waals surface area contributed by atoms with Crippen LogP contribution in [0.3, 0.4) is 0 Å². The van der Waals surface area contributed by atoms with Crippen LogP contribution in [0.2, 0.25) is 0 Å². The third-order valence-corrected chi connectivity index (χ3v) is 9.94. The average molecular weight is 551 g/mol. The van der Waals surface area contributed by atoms with Crippen LogP contribution in [0.4, 0.5) is 0 Å². The second kappa shape index (κ2) is 12.4. The van der Waals surface area contributed by atoms with E-state index in [0.717, 1.165) is 64.6 Å². The molecule has 2 aromatic carbocycles. The van der Waals surface area contributed by atoms with E-state index < -0.39 is 15.6 Å². The number of piperidine rings is 1. The molecule has 0 bridgehead atoms. The van der Waals surface area contributed by atoms with E-state index in [-0.39, 0.29) is 16.4 Å². The molecule has 2 saturated heterocycles. The fourth-order valence-electron chi connectivity index (χ4n) is 5.80. The van der Waals surface area contributed by atoms with Gasteiger partial charge in [0.25, 0.3) is 5.91 Å². The fourth-order valence-corrected chi connectivity index (χ4v) is 7.34. The molecule has 9 heteroatoms. The maximum atomic E-state index is 13.4. The Morgan fingerprint density at radius 1 is 0.923 bits per heavy atom. The molecule has 39 heavy (non-hydrogen) atoms. The van der Waals surface area contributed by atoms with E-state index in [2.05, 4.69) is 39.5 Å². The van der Waals surface area contributed by atoms with E-state index in [0.29, 0.717) is 36.5 Å². The number of hydrogen-bond donors (Lipinski definition) is 2. The highest BCUT2D eigenvalue weighted by Gasteiger charge is 2.26. The minimum atomic E-state index is -3.68. The molecule has 8 nitrogen and oxygen atoms in total. The Morgan fingerprint density at radius 3 is 2.36 bits per heavy atom. The number of benzene rings is 2. The van der Waals surface area contributed by atoms with Gasteiger partial charge in [-0.2, -0.15) is 4.31 Å². The van der Waals surface area contributed by atoms with Crippen molar-refractivity contribution < 1.29 is 13.2 Å². The molecule has 0 atom stereocenters. The van der Waals surface area contributed by atoms with Gasteiger partial charge in [-0.15, -0.1) is 0 Å². The summed E-state index contributed by atoms with van der Waals surface area (Å²) in [6, 6.07) is 16.5. The third kappa shape index (κ3) is 6.77. The van der Waals surface area contributed by atoms with Gasteiger partial charge in [0.2, 0.25) is 15.6 Å². The largest absolute Gasteiger partial charge is 0.351 e. The average Bonchev–Trinajstić information content (AvgIpc) is 3.24. The molecule has 5 rings (SSSR count). The monoisotopic (exact) mass is 550 g/mol. The standard InChI is InChI=1S/C30H38N4O4S/c35-29-22-27(26-21-25(10-11-28(26)32-29)39(37,38)34-15-6-1-2-7-16-34)30(36)31-14-19-33-17-12-24(13-18-33)20-23-8-4-3-5-9-23/h3-5,8-11,21-22,24H,1-2,6-7,12-20H2,(H,31,36)(H,32,35). The third-order valence-electron chi connectivity index (χ3n) is 8.05. The van der Waals surface area contributed by atoms with Crippen molar-refractivity contribution in [2.75, 3.05) is 39.3 Å². The van der Waals surface area contributed by atoms with E-state index in [1.807, 2.05) is 6.07 Å². The topological polar surface area (TPSA) is 103 Å². The van der Waals surface area contributed by atoms with Crippen LogP contribution >= 0.6 is 0 Å². The number of aromatic nitrogens is 1. The molecule has 0 saturated carbocycles. The van der Waals surface area contributed by atoms with Crippen molar-refractivity contribution in [3.8, 4) is 0 Å². The Balaban J connectivity index is 1.22. The summed E-state index contributed by atoms with van der Waals surface area (Å²) in [6.07, 6.45) is 7.13. The number of sulfonamides is 1. The molecule has 2 N–H and O–H groups in total. The number of likely N-dealkylation sites (tertiary alicyclic amines) is 1. The van der Waals surface area contributed by atoms with Crippen molar-refractivity contribution in [2.45, 2.75) is 49.8 Å². The zero-order valence-electron chi connectivity index (χ0n) is 22.4. The summed E-state index contributed by atoms with van der Waals surface area (Å²) in [5.41, 5.74) is 1.64. The number of carbonyl (C=O) groups excluding carboxylic acids is 1. The summed E-state index contributed by atoms with van der Waals surface area (Å²) in [4.78, 5) is 30.7. The predicted octanol–water partition coefficient (Wildman–Crippen LogP) is 3.78. The van der Waals surface area contributed by atoms with Crippen LogP contribution in [-0.2, 0) is 16.4 Å². The van der Waals surface area contributed by atoms with Gasteiger partial charge in [0.05, 0.1) is 10.5 Å². The van der Waals surface area contributed by atoms with Crippen LogP contribution in [0.1, 0.15) is 54.4 Å². The lowest BCUT2D eigenvalue weighted by Crippen LogP contribution is -2.40. The van der Waals surface area contributed by atoms with Crippen LogP contribution in [0, 0.1) is 5.92 Å². The van der Waals surface area contributed by atoms with Gasteiger partial charge >= 0.3 is 0 Å². The quantitative estimate of drug-likeness (QED) is 0.445. The van der Waals surface area contributed by atoms with E-state index >= 15 is 0 Å². The molecule has 3 aromatic rings. The number of pyridine rings is 1. The number of H-pyrrole nitrogens is 1. The first-order chi connectivity index (χ1) is 18.9. The summed E-state index contributed by atoms with van der Waals surface area (Å²) in [5.74, 6) is 0.315. The van der Waals surface area contributed by atoms with Crippen molar-refractivity contribution in [1.82, 2.24) is 19.5 Å². The number of carbonyl (C=O) groups is 1. The summed E-state index contributed by atoms with van der Waals surface area (Å²) >= 11 is 0. The van der Waals surface area contributed by atoms with Gasteiger partial charge < -0.3 is 15.2 Å². The molecule has 0 radical (unpaired) electrons. The molecule has 0 aliphatic carbocycles. The zero-order valence-corrected chi connectivity index (χ0v) is 23.2. The molecular weight excluding hydrogens is 512 g/mol. The lowest BCUT2D eigenvalue weighted by Gasteiger charge is -2.32. The summed E-state index contributed by atoms with van der Waals surface area (Å²) in [6.45, 7) is 4.20.